The van der Waals surface area contributed by atoms with Crippen molar-refractivity contribution in [3.05, 3.63) is 108 Å². The predicted octanol–water partition coefficient (Wildman–Crippen LogP) is 4.83. The lowest BCUT2D eigenvalue weighted by Gasteiger charge is -2.14. The van der Waals surface area contributed by atoms with Crippen LogP contribution in [0.25, 0.3) is 0 Å². The maximum absolute atomic E-state index is 6.08. The summed E-state index contributed by atoms with van der Waals surface area (Å²) in [6.45, 7) is 5.11. The summed E-state index contributed by atoms with van der Waals surface area (Å²) in [6.07, 6.45) is 3.40. The topological polar surface area (TPSA) is 54.9 Å². The highest BCUT2D eigenvalue weighted by molar-refractivity contribution is 7.80. The fraction of sp³-hybridized carbons (Fsp3) is 0.120. The molecule has 0 saturated carbocycles. The number of benzene rings is 3. The number of hydrazone groups is 1. The zero-order valence-electron chi connectivity index (χ0n) is 17.2. The van der Waals surface area contributed by atoms with Crippen LogP contribution in [0.4, 0.5) is 0 Å². The molecule has 0 spiro atoms. The van der Waals surface area contributed by atoms with E-state index in [4.69, 9.17) is 21.7 Å². The van der Waals surface area contributed by atoms with Gasteiger partial charge in [-0.05, 0) is 47.1 Å². The maximum atomic E-state index is 6.08. The lowest BCUT2D eigenvalue weighted by atomic mass is 10.2. The van der Waals surface area contributed by atoms with E-state index < -0.39 is 0 Å². The molecule has 0 fully saturated rings. The van der Waals surface area contributed by atoms with Gasteiger partial charge >= 0.3 is 0 Å². The Balaban J connectivity index is 1.70. The summed E-state index contributed by atoms with van der Waals surface area (Å²) in [4.78, 5) is 0. The Morgan fingerprint density at radius 1 is 0.871 bits per heavy atom. The van der Waals surface area contributed by atoms with E-state index in [1.807, 2.05) is 78.9 Å². The van der Waals surface area contributed by atoms with Crippen molar-refractivity contribution in [1.29, 1.82) is 0 Å². The minimum atomic E-state index is 0.430. The van der Waals surface area contributed by atoms with Crippen LogP contribution in [0.2, 0.25) is 0 Å². The normalized spacial score (nSPS) is 10.5. The van der Waals surface area contributed by atoms with E-state index in [0.29, 0.717) is 36.4 Å². The molecule has 0 aromatic heterocycles. The number of nitrogens with zero attached hydrogens (tertiary/aromatic N) is 1. The van der Waals surface area contributed by atoms with Gasteiger partial charge in [0, 0.05) is 6.54 Å². The summed E-state index contributed by atoms with van der Waals surface area (Å²) in [5.41, 5.74) is 5.80. The number of thiocarbonyl (C=S) groups is 1. The molecule has 3 aromatic carbocycles. The first-order valence-corrected chi connectivity index (χ1v) is 10.3. The Bertz CT molecular complexity index is 1010. The molecule has 0 radical (unpaired) electrons. The van der Waals surface area contributed by atoms with E-state index in [-0.39, 0.29) is 0 Å². The number of hydrogen-bond donors (Lipinski definition) is 2. The molecule has 0 heterocycles. The van der Waals surface area contributed by atoms with Crippen LogP contribution >= 0.6 is 12.2 Å². The quantitative estimate of drug-likeness (QED) is 0.208. The minimum absolute atomic E-state index is 0.430. The zero-order valence-corrected chi connectivity index (χ0v) is 18.0. The number of rotatable bonds is 10. The third-order valence-electron chi connectivity index (χ3n) is 4.23. The molecular formula is C25H25N3O2S. The smallest absolute Gasteiger partial charge is 0.187 e. The second kappa shape index (κ2) is 12.1. The average Bonchev–Trinajstić information content (AvgIpc) is 2.82. The van der Waals surface area contributed by atoms with E-state index >= 15 is 0 Å². The molecule has 0 amide bonds. The van der Waals surface area contributed by atoms with Crippen LogP contribution in [0.1, 0.15) is 16.7 Å². The molecule has 0 aliphatic carbocycles. The van der Waals surface area contributed by atoms with Gasteiger partial charge < -0.3 is 14.8 Å². The maximum Gasteiger partial charge on any atom is 0.187 e. The van der Waals surface area contributed by atoms with E-state index in [0.717, 1.165) is 16.7 Å². The van der Waals surface area contributed by atoms with Gasteiger partial charge in [0.05, 0.1) is 6.21 Å². The lowest BCUT2D eigenvalue weighted by Crippen LogP contribution is -2.31. The standard InChI is InChI=1S/C25H25N3O2S/c1-2-15-26-25(31)28-27-17-22-13-14-23(29-18-20-9-5-3-6-10-20)24(16-22)30-19-21-11-7-4-8-12-21/h2-14,16-17H,1,15,18-19H2,(H2,26,28,31). The molecule has 0 unspecified atom stereocenters. The van der Waals surface area contributed by atoms with Gasteiger partial charge in [0.1, 0.15) is 13.2 Å². The second-order valence-electron chi connectivity index (χ2n) is 6.62. The fourth-order valence-corrected chi connectivity index (χ4v) is 2.81. The van der Waals surface area contributed by atoms with Gasteiger partial charge in [-0.3, -0.25) is 5.43 Å². The van der Waals surface area contributed by atoms with Crippen molar-refractivity contribution in [1.82, 2.24) is 10.7 Å². The van der Waals surface area contributed by atoms with Crippen molar-refractivity contribution in [2.75, 3.05) is 6.54 Å². The van der Waals surface area contributed by atoms with Crippen LogP contribution in [0, 0.1) is 0 Å². The minimum Gasteiger partial charge on any atom is -0.485 e. The molecule has 3 rings (SSSR count). The second-order valence-corrected chi connectivity index (χ2v) is 7.03. The monoisotopic (exact) mass is 431 g/mol. The molecule has 31 heavy (non-hydrogen) atoms. The van der Waals surface area contributed by atoms with E-state index in [1.54, 1.807) is 12.3 Å². The molecule has 2 N–H and O–H groups in total. The summed E-state index contributed by atoms with van der Waals surface area (Å²) in [7, 11) is 0. The Hall–Kier alpha value is -3.64. The lowest BCUT2D eigenvalue weighted by molar-refractivity contribution is 0.256. The van der Waals surface area contributed by atoms with E-state index in [1.165, 1.54) is 0 Å². The average molecular weight is 432 g/mol. The van der Waals surface area contributed by atoms with Crippen LogP contribution in [0.5, 0.6) is 11.5 Å². The van der Waals surface area contributed by atoms with Crippen molar-refractivity contribution in [3.63, 3.8) is 0 Å². The summed E-state index contributed by atoms with van der Waals surface area (Å²) in [6, 6.07) is 25.7. The first kappa shape index (κ1) is 22.1. The van der Waals surface area contributed by atoms with E-state index in [2.05, 4.69) is 22.4 Å². The van der Waals surface area contributed by atoms with Crippen molar-refractivity contribution in [2.45, 2.75) is 13.2 Å². The molecule has 0 atom stereocenters. The van der Waals surface area contributed by atoms with Crippen LogP contribution < -0.4 is 20.2 Å². The van der Waals surface area contributed by atoms with Crippen LogP contribution in [-0.4, -0.2) is 17.9 Å². The first-order valence-electron chi connectivity index (χ1n) is 9.90. The van der Waals surface area contributed by atoms with Crippen molar-refractivity contribution < 1.29 is 9.47 Å². The Labute approximate surface area is 188 Å². The zero-order chi connectivity index (χ0) is 21.7. The van der Waals surface area contributed by atoms with Crippen LogP contribution in [-0.2, 0) is 13.2 Å². The Morgan fingerprint density at radius 2 is 1.48 bits per heavy atom. The van der Waals surface area contributed by atoms with Crippen molar-refractivity contribution >= 4 is 23.5 Å². The molecule has 0 aliphatic heterocycles. The molecule has 158 valence electrons. The SMILES string of the molecule is C=CCNC(=S)NN=Cc1ccc(OCc2ccccc2)c(OCc2ccccc2)c1. The number of nitrogens with one attached hydrogen (secondary N) is 2. The van der Waals surface area contributed by atoms with Gasteiger partial charge in [0.25, 0.3) is 0 Å². The van der Waals surface area contributed by atoms with Gasteiger partial charge in [-0.25, -0.2) is 0 Å². The van der Waals surface area contributed by atoms with E-state index in [9.17, 15) is 0 Å². The number of hydrogen-bond acceptors (Lipinski definition) is 4. The van der Waals surface area contributed by atoms with Gasteiger partial charge in [0.15, 0.2) is 16.6 Å². The molecule has 5 nitrogen and oxygen atoms in total. The Kier molecular flexibility index (Phi) is 8.64. The van der Waals surface area contributed by atoms with Crippen molar-refractivity contribution in [2.24, 2.45) is 5.10 Å². The summed E-state index contributed by atoms with van der Waals surface area (Å²) in [5.74, 6) is 1.32. The third kappa shape index (κ3) is 7.60. The molecular weight excluding hydrogens is 406 g/mol. The molecule has 0 aliphatic rings. The largest absolute Gasteiger partial charge is 0.485 e. The third-order valence-corrected chi connectivity index (χ3v) is 4.46. The van der Waals surface area contributed by atoms with Crippen molar-refractivity contribution in [3.8, 4) is 11.5 Å². The molecule has 6 heteroatoms. The van der Waals surface area contributed by atoms with Gasteiger partial charge in [-0.2, -0.15) is 5.10 Å². The predicted molar refractivity (Wildman–Crippen MR) is 130 cm³/mol. The molecule has 0 bridgehead atoms. The van der Waals surface area contributed by atoms with Gasteiger partial charge in [-0.15, -0.1) is 6.58 Å². The summed E-state index contributed by atoms with van der Waals surface area (Å²) < 4.78 is 12.1. The highest BCUT2D eigenvalue weighted by Gasteiger charge is 2.08. The van der Waals surface area contributed by atoms with Gasteiger partial charge in [0.2, 0.25) is 0 Å². The molecule has 0 saturated heterocycles. The summed E-state index contributed by atoms with van der Waals surface area (Å²) in [5, 5.41) is 7.55. The highest BCUT2D eigenvalue weighted by Crippen LogP contribution is 2.29. The Morgan fingerprint density at radius 3 is 2.10 bits per heavy atom. The summed E-state index contributed by atoms with van der Waals surface area (Å²) >= 11 is 5.13. The van der Waals surface area contributed by atoms with Gasteiger partial charge in [-0.1, -0.05) is 66.7 Å². The van der Waals surface area contributed by atoms with Crippen LogP contribution in [0.3, 0.4) is 0 Å². The number of ether oxygens (including phenoxy) is 2. The first-order chi connectivity index (χ1) is 15.2. The molecule has 3 aromatic rings. The van der Waals surface area contributed by atoms with Crippen LogP contribution in [0.15, 0.2) is 96.6 Å². The highest BCUT2D eigenvalue weighted by atomic mass is 32.1. The fourth-order valence-electron chi connectivity index (χ4n) is 2.68.